The lowest BCUT2D eigenvalue weighted by molar-refractivity contribution is -0.141. The van der Waals surface area contributed by atoms with E-state index in [4.69, 9.17) is 10.4 Å². The van der Waals surface area contributed by atoms with Crippen molar-refractivity contribution in [3.63, 3.8) is 0 Å². The van der Waals surface area contributed by atoms with Crippen LogP contribution in [0.25, 0.3) is 0 Å². The Labute approximate surface area is 170 Å². The van der Waals surface area contributed by atoms with Crippen molar-refractivity contribution in [1.82, 2.24) is 4.90 Å². The number of hydrogen-bond donors (Lipinski definition) is 2. The largest absolute Gasteiger partial charge is 0.481 e. The van der Waals surface area contributed by atoms with E-state index in [0.717, 1.165) is 24.1 Å². The van der Waals surface area contributed by atoms with Crippen LogP contribution in [0.5, 0.6) is 0 Å². The first-order chi connectivity index (χ1) is 13.7. The van der Waals surface area contributed by atoms with Crippen LogP contribution in [0.1, 0.15) is 38.2 Å². The number of carbonyl (C=O) groups excluding carboxylic acids is 2. The normalized spacial score (nSPS) is 17.7. The molecule has 8 nitrogen and oxygen atoms in total. The molecule has 1 heterocycles. The SMILES string of the molecule is CC(CN(C)C(=O)Nc1ccc2c(c1)CCC(=O)N2CC1(CC#N)CC1)C(=O)O. The second kappa shape index (κ2) is 8.11. The number of aryl methyl sites for hydroxylation is 1. The number of aliphatic carboxylic acids is 1. The van der Waals surface area contributed by atoms with E-state index in [0.29, 0.717) is 31.5 Å². The molecule has 1 aliphatic carbocycles. The minimum Gasteiger partial charge on any atom is -0.481 e. The van der Waals surface area contributed by atoms with Crippen LogP contribution in [0.3, 0.4) is 0 Å². The molecule has 1 aromatic carbocycles. The highest BCUT2D eigenvalue weighted by molar-refractivity contribution is 5.97. The average molecular weight is 398 g/mol. The van der Waals surface area contributed by atoms with Crippen LogP contribution in [0.4, 0.5) is 16.2 Å². The number of carboxylic acids is 1. The van der Waals surface area contributed by atoms with Gasteiger partial charge in [0.2, 0.25) is 5.91 Å². The van der Waals surface area contributed by atoms with Gasteiger partial charge in [-0.2, -0.15) is 5.26 Å². The first-order valence-electron chi connectivity index (χ1n) is 9.80. The third-order valence-electron chi connectivity index (χ3n) is 5.75. The first kappa shape index (κ1) is 20.6. The molecule has 1 unspecified atom stereocenters. The molecule has 1 aromatic rings. The smallest absolute Gasteiger partial charge is 0.321 e. The summed E-state index contributed by atoms with van der Waals surface area (Å²) in [6.07, 6.45) is 3.40. The highest BCUT2D eigenvalue weighted by Crippen LogP contribution is 2.50. The predicted octanol–water partition coefficient (Wildman–Crippen LogP) is 2.84. The zero-order chi connectivity index (χ0) is 21.2. The van der Waals surface area contributed by atoms with Crippen LogP contribution >= 0.6 is 0 Å². The zero-order valence-electron chi connectivity index (χ0n) is 16.8. The summed E-state index contributed by atoms with van der Waals surface area (Å²) in [5, 5.41) is 20.8. The molecule has 2 N–H and O–H groups in total. The molecule has 3 rings (SSSR count). The van der Waals surface area contributed by atoms with E-state index in [2.05, 4.69) is 11.4 Å². The van der Waals surface area contributed by atoms with E-state index in [1.54, 1.807) is 24.9 Å². The van der Waals surface area contributed by atoms with Gasteiger partial charge >= 0.3 is 12.0 Å². The van der Waals surface area contributed by atoms with Gasteiger partial charge < -0.3 is 20.2 Å². The van der Waals surface area contributed by atoms with Gasteiger partial charge in [0.1, 0.15) is 0 Å². The molecule has 0 saturated heterocycles. The molecular formula is C21H26N4O4. The Morgan fingerprint density at radius 1 is 1.38 bits per heavy atom. The Kier molecular flexibility index (Phi) is 5.78. The number of urea groups is 1. The van der Waals surface area contributed by atoms with E-state index in [1.165, 1.54) is 4.90 Å². The second-order valence-electron chi connectivity index (χ2n) is 8.21. The molecule has 0 radical (unpaired) electrons. The number of benzene rings is 1. The molecule has 0 bridgehead atoms. The van der Waals surface area contributed by atoms with Crippen LogP contribution in [0.2, 0.25) is 0 Å². The molecular weight excluding hydrogens is 372 g/mol. The van der Waals surface area contributed by atoms with Crippen molar-refractivity contribution in [2.45, 2.75) is 39.0 Å². The van der Waals surface area contributed by atoms with Crippen LogP contribution in [0, 0.1) is 22.7 Å². The number of nitriles is 1. The standard InChI is InChI=1S/C21H26N4O4/c1-14(19(27)28)12-24(2)20(29)23-16-4-5-17-15(11-16)3-6-18(26)25(17)13-21(7-8-21)9-10-22/h4-5,11,14H,3,6-9,12-13H2,1-2H3,(H,23,29)(H,27,28). The van der Waals surface area contributed by atoms with Gasteiger partial charge in [0.25, 0.3) is 0 Å². The summed E-state index contributed by atoms with van der Waals surface area (Å²) in [4.78, 5) is 38.9. The summed E-state index contributed by atoms with van der Waals surface area (Å²) in [6, 6.07) is 7.31. The highest BCUT2D eigenvalue weighted by Gasteiger charge is 2.45. The number of fused-ring (bicyclic) bond motifs is 1. The van der Waals surface area contributed by atoms with Gasteiger partial charge in [-0.15, -0.1) is 0 Å². The van der Waals surface area contributed by atoms with Crippen molar-refractivity contribution in [3.05, 3.63) is 23.8 Å². The summed E-state index contributed by atoms with van der Waals surface area (Å²) < 4.78 is 0. The third-order valence-corrected chi connectivity index (χ3v) is 5.75. The number of nitrogens with zero attached hydrogens (tertiary/aromatic N) is 3. The monoisotopic (exact) mass is 398 g/mol. The van der Waals surface area contributed by atoms with Crippen LogP contribution in [0.15, 0.2) is 18.2 Å². The minimum absolute atomic E-state index is 0.0703. The minimum atomic E-state index is -0.951. The maximum Gasteiger partial charge on any atom is 0.321 e. The summed E-state index contributed by atoms with van der Waals surface area (Å²) in [7, 11) is 1.55. The Morgan fingerprint density at radius 2 is 2.10 bits per heavy atom. The van der Waals surface area contributed by atoms with E-state index >= 15 is 0 Å². The lowest BCUT2D eigenvalue weighted by atomic mass is 9.96. The lowest BCUT2D eigenvalue weighted by Gasteiger charge is -2.32. The van der Waals surface area contributed by atoms with Gasteiger partial charge in [-0.3, -0.25) is 9.59 Å². The van der Waals surface area contributed by atoms with E-state index < -0.39 is 11.9 Å². The van der Waals surface area contributed by atoms with Gasteiger partial charge in [-0.05, 0) is 43.0 Å². The molecule has 0 aromatic heterocycles. The van der Waals surface area contributed by atoms with E-state index in [9.17, 15) is 14.4 Å². The number of rotatable bonds is 7. The van der Waals surface area contributed by atoms with Crippen LogP contribution in [-0.4, -0.2) is 48.1 Å². The van der Waals surface area contributed by atoms with Crippen molar-refractivity contribution < 1.29 is 19.5 Å². The number of carboxylic acid groups (broad SMARTS) is 1. The van der Waals surface area contributed by atoms with Crippen molar-refractivity contribution in [2.75, 3.05) is 30.4 Å². The zero-order valence-corrected chi connectivity index (χ0v) is 16.8. The van der Waals surface area contributed by atoms with Gasteiger partial charge in [0.15, 0.2) is 0 Å². The Bertz CT molecular complexity index is 872. The van der Waals surface area contributed by atoms with E-state index in [-0.39, 0.29) is 23.9 Å². The lowest BCUT2D eigenvalue weighted by Crippen LogP contribution is -2.39. The van der Waals surface area contributed by atoms with Gasteiger partial charge in [0.05, 0.1) is 12.0 Å². The summed E-state index contributed by atoms with van der Waals surface area (Å²) in [5.41, 5.74) is 2.36. The van der Waals surface area contributed by atoms with Gasteiger partial charge in [0, 0.05) is 49.8 Å². The highest BCUT2D eigenvalue weighted by atomic mass is 16.4. The summed E-state index contributed by atoms with van der Waals surface area (Å²) in [5.74, 6) is -1.54. The Morgan fingerprint density at radius 3 is 2.72 bits per heavy atom. The van der Waals surface area contributed by atoms with Gasteiger partial charge in [-0.1, -0.05) is 6.92 Å². The molecule has 8 heteroatoms. The number of anilines is 2. The molecule has 3 amide bonds. The molecule has 1 aliphatic heterocycles. The van der Waals surface area contributed by atoms with E-state index in [1.807, 2.05) is 12.1 Å². The third kappa shape index (κ3) is 4.67. The molecule has 1 fully saturated rings. The topological polar surface area (TPSA) is 114 Å². The average Bonchev–Trinajstić information content (AvgIpc) is 3.43. The fraction of sp³-hybridized carbons (Fsp3) is 0.524. The summed E-state index contributed by atoms with van der Waals surface area (Å²) >= 11 is 0. The van der Waals surface area contributed by atoms with Crippen molar-refractivity contribution in [2.24, 2.45) is 11.3 Å². The molecule has 154 valence electrons. The first-order valence-corrected chi connectivity index (χ1v) is 9.80. The fourth-order valence-electron chi connectivity index (χ4n) is 3.67. The maximum atomic E-state index is 12.5. The molecule has 1 saturated carbocycles. The number of amides is 3. The van der Waals surface area contributed by atoms with Crippen LogP contribution in [-0.2, 0) is 16.0 Å². The summed E-state index contributed by atoms with van der Waals surface area (Å²) in [6.45, 7) is 2.22. The maximum absolute atomic E-state index is 12.5. The molecule has 0 spiro atoms. The predicted molar refractivity (Wildman–Crippen MR) is 107 cm³/mol. The Balaban J connectivity index is 1.70. The number of nitrogens with one attached hydrogen (secondary N) is 1. The Hall–Kier alpha value is -3.08. The molecule has 1 atom stereocenters. The van der Waals surface area contributed by atoms with Gasteiger partial charge in [-0.25, -0.2) is 4.79 Å². The quantitative estimate of drug-likeness (QED) is 0.733. The molecule has 2 aliphatic rings. The van der Waals surface area contributed by atoms with Crippen molar-refractivity contribution >= 4 is 29.3 Å². The number of carbonyl (C=O) groups is 3. The fourth-order valence-corrected chi connectivity index (χ4v) is 3.67. The number of hydrogen-bond acceptors (Lipinski definition) is 4. The molecule has 29 heavy (non-hydrogen) atoms. The second-order valence-corrected chi connectivity index (χ2v) is 8.21. The van der Waals surface area contributed by atoms with Crippen LogP contribution < -0.4 is 10.2 Å². The van der Waals surface area contributed by atoms with Crippen molar-refractivity contribution in [3.8, 4) is 6.07 Å². The van der Waals surface area contributed by atoms with Crippen molar-refractivity contribution in [1.29, 1.82) is 5.26 Å².